The van der Waals surface area contributed by atoms with Gasteiger partial charge in [-0.25, -0.2) is 4.98 Å². The summed E-state index contributed by atoms with van der Waals surface area (Å²) < 4.78 is 0. The smallest absolute Gasteiger partial charge is 0.125 e. The molecule has 1 rings (SSSR count). The largest absolute Gasteiger partial charge is 0.384 e. The molecule has 3 heteroatoms. The molecule has 0 unspecified atom stereocenters. The number of rotatable bonds is 3. The molecule has 0 aromatic carbocycles. The summed E-state index contributed by atoms with van der Waals surface area (Å²) in [4.78, 5) is 6.22. The number of aromatic nitrogens is 1. The van der Waals surface area contributed by atoms with E-state index in [1.54, 1.807) is 6.20 Å². The molecule has 1 heterocycles. The molecule has 0 saturated heterocycles. The lowest BCUT2D eigenvalue weighted by atomic mass is 10.1. The van der Waals surface area contributed by atoms with Crippen LogP contribution in [-0.4, -0.2) is 17.1 Å². The van der Waals surface area contributed by atoms with E-state index in [-0.39, 0.29) is 5.54 Å². The monoisotopic (exact) mass is 205 g/mol. The van der Waals surface area contributed by atoms with Crippen molar-refractivity contribution < 1.29 is 0 Å². The fourth-order valence-corrected chi connectivity index (χ4v) is 1.50. The minimum absolute atomic E-state index is 0.0436. The van der Waals surface area contributed by atoms with Gasteiger partial charge in [0.1, 0.15) is 5.82 Å². The first-order chi connectivity index (χ1) is 6.95. The number of nitrogen functional groups attached to an aromatic ring is 1. The Morgan fingerprint density at radius 1 is 1.53 bits per heavy atom. The predicted molar refractivity (Wildman–Crippen MR) is 65.9 cm³/mol. The summed E-state index contributed by atoms with van der Waals surface area (Å²) in [6.45, 7) is 11.1. The summed E-state index contributed by atoms with van der Waals surface area (Å²) in [5, 5.41) is 0. The maximum atomic E-state index is 5.67. The Morgan fingerprint density at radius 2 is 2.20 bits per heavy atom. The molecular weight excluding hydrogens is 186 g/mol. The van der Waals surface area contributed by atoms with Crippen molar-refractivity contribution in [3.05, 3.63) is 31.0 Å². The van der Waals surface area contributed by atoms with Crippen LogP contribution in [0.25, 0.3) is 0 Å². The van der Waals surface area contributed by atoms with E-state index in [2.05, 4.69) is 37.2 Å². The normalized spacial score (nSPS) is 11.1. The Bertz CT molecular complexity index is 339. The molecule has 0 aliphatic rings. The van der Waals surface area contributed by atoms with Crippen molar-refractivity contribution in [2.45, 2.75) is 26.3 Å². The van der Waals surface area contributed by atoms with Gasteiger partial charge in [0, 0.05) is 30.0 Å². The molecular formula is C12H19N3. The Hall–Kier alpha value is -1.51. The van der Waals surface area contributed by atoms with Crippen LogP contribution >= 0.6 is 0 Å². The molecule has 0 atom stereocenters. The molecule has 1 aromatic rings. The third-order valence-corrected chi connectivity index (χ3v) is 2.20. The van der Waals surface area contributed by atoms with Gasteiger partial charge in [-0.3, -0.25) is 0 Å². The highest BCUT2D eigenvalue weighted by molar-refractivity contribution is 5.54. The number of anilines is 2. The van der Waals surface area contributed by atoms with E-state index in [1.165, 1.54) is 0 Å². The molecule has 2 N–H and O–H groups in total. The van der Waals surface area contributed by atoms with Crippen LogP contribution in [0.5, 0.6) is 0 Å². The van der Waals surface area contributed by atoms with Gasteiger partial charge in [0.05, 0.1) is 0 Å². The van der Waals surface area contributed by atoms with Crippen LogP contribution in [0.15, 0.2) is 31.0 Å². The maximum Gasteiger partial charge on any atom is 0.125 e. The van der Waals surface area contributed by atoms with Crippen LogP contribution in [-0.2, 0) is 0 Å². The molecule has 0 bridgehead atoms. The molecule has 0 radical (unpaired) electrons. The number of pyridine rings is 1. The van der Waals surface area contributed by atoms with Gasteiger partial charge in [-0.05, 0) is 26.8 Å². The molecule has 0 saturated carbocycles. The molecule has 15 heavy (non-hydrogen) atoms. The second kappa shape index (κ2) is 4.34. The average molecular weight is 205 g/mol. The third-order valence-electron chi connectivity index (χ3n) is 2.20. The lowest BCUT2D eigenvalue weighted by Crippen LogP contribution is -2.41. The molecule has 0 amide bonds. The first-order valence-electron chi connectivity index (χ1n) is 5.05. The number of hydrogen-bond acceptors (Lipinski definition) is 3. The Morgan fingerprint density at radius 3 is 2.67 bits per heavy atom. The molecule has 0 spiro atoms. The molecule has 82 valence electrons. The first-order valence-corrected chi connectivity index (χ1v) is 5.05. The topological polar surface area (TPSA) is 42.2 Å². The van der Waals surface area contributed by atoms with E-state index in [0.29, 0.717) is 5.82 Å². The van der Waals surface area contributed by atoms with E-state index in [0.717, 1.165) is 12.2 Å². The number of hydrogen-bond donors (Lipinski definition) is 1. The van der Waals surface area contributed by atoms with Gasteiger partial charge in [0.25, 0.3) is 0 Å². The Balaban J connectivity index is 3.04. The van der Waals surface area contributed by atoms with Crippen LogP contribution in [0.2, 0.25) is 0 Å². The summed E-state index contributed by atoms with van der Waals surface area (Å²) in [6, 6.07) is 3.85. The van der Waals surface area contributed by atoms with Gasteiger partial charge in [-0.1, -0.05) is 6.08 Å². The highest BCUT2D eigenvalue weighted by Crippen LogP contribution is 2.24. The lowest BCUT2D eigenvalue weighted by Gasteiger charge is -2.37. The van der Waals surface area contributed by atoms with Crippen LogP contribution in [0.1, 0.15) is 20.8 Å². The van der Waals surface area contributed by atoms with Crippen molar-refractivity contribution in [2.75, 3.05) is 17.2 Å². The first kappa shape index (κ1) is 11.6. The van der Waals surface area contributed by atoms with Crippen LogP contribution < -0.4 is 10.6 Å². The van der Waals surface area contributed by atoms with Crippen molar-refractivity contribution >= 4 is 11.5 Å². The molecule has 0 fully saturated rings. The number of nitrogens with zero attached hydrogens (tertiary/aromatic N) is 2. The molecule has 3 nitrogen and oxygen atoms in total. The van der Waals surface area contributed by atoms with Gasteiger partial charge < -0.3 is 10.6 Å². The van der Waals surface area contributed by atoms with E-state index in [1.807, 2.05) is 18.2 Å². The van der Waals surface area contributed by atoms with Crippen molar-refractivity contribution in [3.63, 3.8) is 0 Å². The lowest BCUT2D eigenvalue weighted by molar-refractivity contribution is 0.522. The fraction of sp³-hybridized carbons (Fsp3) is 0.417. The summed E-state index contributed by atoms with van der Waals surface area (Å²) >= 11 is 0. The van der Waals surface area contributed by atoms with Gasteiger partial charge >= 0.3 is 0 Å². The standard InChI is InChI=1S/C12H19N3/c1-5-8-15(12(2,3)4)10-6-7-14-11(13)9-10/h5-7,9H,1,8H2,2-4H3,(H2,13,14). The van der Waals surface area contributed by atoms with Crippen LogP contribution in [0.3, 0.4) is 0 Å². The molecule has 1 aromatic heterocycles. The van der Waals surface area contributed by atoms with Crippen LogP contribution in [0.4, 0.5) is 11.5 Å². The van der Waals surface area contributed by atoms with Gasteiger partial charge in [0.15, 0.2) is 0 Å². The Kier molecular flexibility index (Phi) is 3.35. The van der Waals surface area contributed by atoms with Crippen molar-refractivity contribution in [3.8, 4) is 0 Å². The van der Waals surface area contributed by atoms with E-state index < -0.39 is 0 Å². The highest BCUT2D eigenvalue weighted by atomic mass is 15.2. The van der Waals surface area contributed by atoms with Crippen molar-refractivity contribution in [1.82, 2.24) is 4.98 Å². The SMILES string of the molecule is C=CCN(c1ccnc(N)c1)C(C)(C)C. The minimum atomic E-state index is 0.0436. The summed E-state index contributed by atoms with van der Waals surface area (Å²) in [6.07, 6.45) is 3.62. The highest BCUT2D eigenvalue weighted by Gasteiger charge is 2.20. The fourth-order valence-electron chi connectivity index (χ4n) is 1.50. The van der Waals surface area contributed by atoms with Crippen molar-refractivity contribution in [1.29, 1.82) is 0 Å². The Labute approximate surface area is 91.6 Å². The molecule has 0 aliphatic heterocycles. The summed E-state index contributed by atoms with van der Waals surface area (Å²) in [7, 11) is 0. The van der Waals surface area contributed by atoms with Gasteiger partial charge in [0.2, 0.25) is 0 Å². The summed E-state index contributed by atoms with van der Waals surface area (Å²) in [5.41, 5.74) is 6.79. The van der Waals surface area contributed by atoms with E-state index in [9.17, 15) is 0 Å². The summed E-state index contributed by atoms with van der Waals surface area (Å²) in [5.74, 6) is 0.547. The van der Waals surface area contributed by atoms with Gasteiger partial charge in [-0.15, -0.1) is 6.58 Å². The van der Waals surface area contributed by atoms with Crippen LogP contribution in [0, 0.1) is 0 Å². The van der Waals surface area contributed by atoms with E-state index in [4.69, 9.17) is 5.73 Å². The zero-order valence-electron chi connectivity index (χ0n) is 9.70. The second-order valence-corrected chi connectivity index (χ2v) is 4.51. The zero-order valence-corrected chi connectivity index (χ0v) is 9.70. The quantitative estimate of drug-likeness (QED) is 0.771. The predicted octanol–water partition coefficient (Wildman–Crippen LogP) is 2.45. The molecule has 0 aliphatic carbocycles. The average Bonchev–Trinajstić information content (AvgIpc) is 2.12. The van der Waals surface area contributed by atoms with Crippen molar-refractivity contribution in [2.24, 2.45) is 0 Å². The maximum absolute atomic E-state index is 5.67. The van der Waals surface area contributed by atoms with Gasteiger partial charge in [-0.2, -0.15) is 0 Å². The zero-order chi connectivity index (χ0) is 11.5. The van der Waals surface area contributed by atoms with E-state index >= 15 is 0 Å². The second-order valence-electron chi connectivity index (χ2n) is 4.51. The number of nitrogens with two attached hydrogens (primary N) is 1. The third kappa shape index (κ3) is 2.98. The minimum Gasteiger partial charge on any atom is -0.384 e.